The molecule has 1 aliphatic heterocycles. The summed E-state index contributed by atoms with van der Waals surface area (Å²) >= 11 is 0. The average Bonchev–Trinajstić information content (AvgIpc) is 2.85. The molecule has 7 heteroatoms. The predicted octanol–water partition coefficient (Wildman–Crippen LogP) is -0.852. The van der Waals surface area contributed by atoms with Crippen molar-refractivity contribution in [2.24, 2.45) is 5.73 Å². The third-order valence-corrected chi connectivity index (χ3v) is 2.35. The van der Waals surface area contributed by atoms with Crippen LogP contribution >= 0.6 is 0 Å². The van der Waals surface area contributed by atoms with Gasteiger partial charge in [-0.15, -0.1) is 0 Å². The van der Waals surface area contributed by atoms with E-state index >= 15 is 0 Å². The largest absolute Gasteiger partial charge is 0.381 e. The van der Waals surface area contributed by atoms with Crippen molar-refractivity contribution in [3.63, 3.8) is 0 Å². The number of hydrogen-bond donors (Lipinski definition) is 2. The minimum atomic E-state index is -0.413. The summed E-state index contributed by atoms with van der Waals surface area (Å²) in [5.41, 5.74) is 4.98. The Kier molecular flexibility index (Phi) is 3.47. The molecule has 1 aromatic rings. The standard InChI is InChI=1S/C9H14N4O3/c10-7(14)3-11-4-8-12-9(13-16-8)6-1-2-15-5-6/h6,11H,1-5H2,(H2,10,14). The molecule has 0 aromatic carbocycles. The van der Waals surface area contributed by atoms with Crippen molar-refractivity contribution in [1.82, 2.24) is 15.5 Å². The van der Waals surface area contributed by atoms with Crippen LogP contribution in [0.4, 0.5) is 0 Å². The third-order valence-electron chi connectivity index (χ3n) is 2.35. The first kappa shape index (κ1) is 11.0. The van der Waals surface area contributed by atoms with Crippen molar-refractivity contribution >= 4 is 5.91 Å². The molecule has 0 saturated carbocycles. The highest BCUT2D eigenvalue weighted by atomic mass is 16.5. The Bertz CT molecular complexity index is 359. The number of nitrogens with zero attached hydrogens (tertiary/aromatic N) is 2. The zero-order valence-corrected chi connectivity index (χ0v) is 8.81. The SMILES string of the molecule is NC(=O)CNCc1nc(C2CCOC2)no1. The van der Waals surface area contributed by atoms with Crippen molar-refractivity contribution in [2.75, 3.05) is 19.8 Å². The van der Waals surface area contributed by atoms with Gasteiger partial charge in [0.1, 0.15) is 0 Å². The minimum absolute atomic E-state index is 0.101. The summed E-state index contributed by atoms with van der Waals surface area (Å²) < 4.78 is 10.3. The number of nitrogens with two attached hydrogens (primary N) is 1. The number of primary amides is 1. The van der Waals surface area contributed by atoms with E-state index < -0.39 is 5.91 Å². The number of nitrogens with one attached hydrogen (secondary N) is 1. The fourth-order valence-electron chi connectivity index (χ4n) is 1.54. The normalized spacial score (nSPS) is 20.1. The Morgan fingerprint density at radius 1 is 1.62 bits per heavy atom. The quantitative estimate of drug-likeness (QED) is 0.677. The van der Waals surface area contributed by atoms with Crippen molar-refractivity contribution in [1.29, 1.82) is 0 Å². The van der Waals surface area contributed by atoms with Crippen LogP contribution in [0.2, 0.25) is 0 Å². The lowest BCUT2D eigenvalue weighted by molar-refractivity contribution is -0.117. The lowest BCUT2D eigenvalue weighted by atomic mass is 10.1. The molecule has 1 amide bonds. The molecule has 88 valence electrons. The van der Waals surface area contributed by atoms with Crippen LogP contribution in [0.5, 0.6) is 0 Å². The molecule has 2 heterocycles. The molecule has 1 saturated heterocycles. The summed E-state index contributed by atoms with van der Waals surface area (Å²) in [6, 6.07) is 0. The van der Waals surface area contributed by atoms with Gasteiger partial charge in [-0.1, -0.05) is 5.16 Å². The maximum Gasteiger partial charge on any atom is 0.240 e. The summed E-state index contributed by atoms with van der Waals surface area (Å²) in [7, 11) is 0. The number of amides is 1. The fraction of sp³-hybridized carbons (Fsp3) is 0.667. The molecule has 7 nitrogen and oxygen atoms in total. The number of hydrogen-bond acceptors (Lipinski definition) is 6. The second kappa shape index (κ2) is 5.04. The number of aromatic nitrogens is 2. The first-order valence-electron chi connectivity index (χ1n) is 5.15. The van der Waals surface area contributed by atoms with Crippen LogP contribution in [-0.2, 0) is 16.1 Å². The van der Waals surface area contributed by atoms with E-state index in [9.17, 15) is 4.79 Å². The maximum atomic E-state index is 10.5. The first-order chi connectivity index (χ1) is 7.75. The van der Waals surface area contributed by atoms with Gasteiger partial charge in [-0.3, -0.25) is 10.1 Å². The molecule has 1 aromatic heterocycles. The molecule has 3 N–H and O–H groups in total. The monoisotopic (exact) mass is 226 g/mol. The Hall–Kier alpha value is -1.47. The molecule has 1 atom stereocenters. The molecule has 0 aliphatic carbocycles. The van der Waals surface area contributed by atoms with E-state index in [1.165, 1.54) is 0 Å². The zero-order chi connectivity index (χ0) is 11.4. The smallest absolute Gasteiger partial charge is 0.240 e. The van der Waals surface area contributed by atoms with Crippen molar-refractivity contribution in [3.8, 4) is 0 Å². The molecule has 2 rings (SSSR count). The Morgan fingerprint density at radius 3 is 3.19 bits per heavy atom. The highest BCUT2D eigenvalue weighted by molar-refractivity contribution is 5.75. The van der Waals surface area contributed by atoms with Gasteiger partial charge in [0.2, 0.25) is 11.8 Å². The molecule has 0 radical (unpaired) electrons. The summed E-state index contributed by atoms with van der Waals surface area (Å²) in [6.45, 7) is 1.84. The molecular weight excluding hydrogens is 212 g/mol. The Balaban J connectivity index is 1.84. The Morgan fingerprint density at radius 2 is 2.50 bits per heavy atom. The molecule has 1 fully saturated rings. The molecule has 0 spiro atoms. The van der Waals surface area contributed by atoms with Crippen LogP contribution in [-0.4, -0.2) is 35.8 Å². The Labute approximate surface area is 92.3 Å². The third kappa shape index (κ3) is 2.77. The minimum Gasteiger partial charge on any atom is -0.381 e. The van der Waals surface area contributed by atoms with Gasteiger partial charge in [-0.25, -0.2) is 0 Å². The van der Waals surface area contributed by atoms with Crippen LogP contribution in [0.1, 0.15) is 24.1 Å². The van der Waals surface area contributed by atoms with E-state index in [4.69, 9.17) is 15.0 Å². The zero-order valence-electron chi connectivity index (χ0n) is 8.81. The molecule has 1 unspecified atom stereocenters. The topological polar surface area (TPSA) is 103 Å². The average molecular weight is 226 g/mol. The molecule has 0 bridgehead atoms. The fourth-order valence-corrected chi connectivity index (χ4v) is 1.54. The van der Waals surface area contributed by atoms with Crippen molar-refractivity contribution < 1.29 is 14.1 Å². The van der Waals surface area contributed by atoms with Crippen molar-refractivity contribution in [3.05, 3.63) is 11.7 Å². The van der Waals surface area contributed by atoms with E-state index in [-0.39, 0.29) is 12.5 Å². The lowest BCUT2D eigenvalue weighted by Gasteiger charge is -1.98. The van der Waals surface area contributed by atoms with Crippen molar-refractivity contribution in [2.45, 2.75) is 18.9 Å². The van der Waals surface area contributed by atoms with Crippen LogP contribution in [0.15, 0.2) is 4.52 Å². The summed E-state index contributed by atoms with van der Waals surface area (Å²) in [5, 5.41) is 6.68. The number of ether oxygens (including phenoxy) is 1. The number of carbonyl (C=O) groups excluding carboxylic acids is 1. The van der Waals surface area contributed by atoms with Crippen LogP contribution in [0, 0.1) is 0 Å². The highest BCUT2D eigenvalue weighted by Gasteiger charge is 2.22. The van der Waals surface area contributed by atoms with E-state index in [1.54, 1.807) is 0 Å². The number of rotatable bonds is 5. The maximum absolute atomic E-state index is 10.5. The van der Waals surface area contributed by atoms with E-state index in [1.807, 2.05) is 0 Å². The lowest BCUT2D eigenvalue weighted by Crippen LogP contribution is -2.28. The second-order valence-corrected chi connectivity index (χ2v) is 3.68. The second-order valence-electron chi connectivity index (χ2n) is 3.68. The van der Waals surface area contributed by atoms with E-state index in [0.29, 0.717) is 24.9 Å². The van der Waals surface area contributed by atoms with Gasteiger partial charge in [0.05, 0.1) is 19.7 Å². The van der Waals surface area contributed by atoms with E-state index in [0.717, 1.165) is 13.0 Å². The van der Waals surface area contributed by atoms with Gasteiger partial charge >= 0.3 is 0 Å². The van der Waals surface area contributed by atoms with Gasteiger partial charge in [-0.05, 0) is 6.42 Å². The molecule has 16 heavy (non-hydrogen) atoms. The summed E-state index contributed by atoms with van der Waals surface area (Å²) in [6.07, 6.45) is 0.924. The first-order valence-corrected chi connectivity index (χ1v) is 5.15. The van der Waals surface area contributed by atoms with Crippen LogP contribution < -0.4 is 11.1 Å². The predicted molar refractivity (Wildman–Crippen MR) is 53.4 cm³/mol. The van der Waals surface area contributed by atoms with Crippen LogP contribution in [0.3, 0.4) is 0 Å². The van der Waals surface area contributed by atoms with Gasteiger partial charge < -0.3 is 15.0 Å². The van der Waals surface area contributed by atoms with Gasteiger partial charge in [0, 0.05) is 12.5 Å². The van der Waals surface area contributed by atoms with Crippen LogP contribution in [0.25, 0.3) is 0 Å². The van der Waals surface area contributed by atoms with Gasteiger partial charge in [-0.2, -0.15) is 4.98 Å². The van der Waals surface area contributed by atoms with Gasteiger partial charge in [0.25, 0.3) is 0 Å². The molecule has 1 aliphatic rings. The summed E-state index contributed by atoms with van der Waals surface area (Å²) in [4.78, 5) is 14.7. The summed E-state index contributed by atoms with van der Waals surface area (Å²) in [5.74, 6) is 0.953. The van der Waals surface area contributed by atoms with Gasteiger partial charge in [0.15, 0.2) is 5.82 Å². The molecular formula is C9H14N4O3. The number of carbonyl (C=O) groups is 1. The van der Waals surface area contributed by atoms with E-state index in [2.05, 4.69) is 15.5 Å². The highest BCUT2D eigenvalue weighted by Crippen LogP contribution is 2.22.